The van der Waals surface area contributed by atoms with Gasteiger partial charge in [0.05, 0.1) is 11.0 Å². The summed E-state index contributed by atoms with van der Waals surface area (Å²) < 4.78 is 1.20. The van der Waals surface area contributed by atoms with Gasteiger partial charge in [-0.25, -0.2) is 9.59 Å². The van der Waals surface area contributed by atoms with Crippen LogP contribution < -0.4 is 11.2 Å². The predicted octanol–water partition coefficient (Wildman–Crippen LogP) is -0.0601. The molecule has 0 aliphatic carbocycles. The topological polar surface area (TPSA) is 92.2 Å². The molecule has 0 saturated carbocycles. The maximum atomic E-state index is 11.2. The van der Waals surface area contributed by atoms with Crippen LogP contribution in [0.1, 0.15) is 0 Å². The van der Waals surface area contributed by atoms with Gasteiger partial charge < -0.3 is 5.11 Å². The van der Waals surface area contributed by atoms with E-state index in [0.717, 1.165) is 4.57 Å². The number of carboxylic acid groups (broad SMARTS) is 1. The van der Waals surface area contributed by atoms with Crippen LogP contribution in [-0.4, -0.2) is 20.6 Å². The molecule has 0 fully saturated rings. The fourth-order valence-electron chi connectivity index (χ4n) is 0.873. The number of hydrogen-bond donors (Lipinski definition) is 2. The lowest BCUT2D eigenvalue weighted by atomic mass is 10.3. The fraction of sp³-hybridized carbons (Fsp3) is 0.125. The third-order valence-electron chi connectivity index (χ3n) is 1.63. The van der Waals surface area contributed by atoms with E-state index >= 15 is 0 Å². The lowest BCUT2D eigenvalue weighted by Gasteiger charge is -2.04. The molecule has 2 N–H and O–H groups in total. The molecular formula is C8H7BrN2O4. The van der Waals surface area contributed by atoms with Crippen LogP contribution in [0, 0.1) is 0 Å². The summed E-state index contributed by atoms with van der Waals surface area (Å²) in [7, 11) is 0. The molecule has 0 amide bonds. The molecule has 0 saturated heterocycles. The Morgan fingerprint density at radius 2 is 2.20 bits per heavy atom. The monoisotopic (exact) mass is 274 g/mol. The Morgan fingerprint density at radius 1 is 1.60 bits per heavy atom. The molecule has 0 unspecified atom stereocenters. The molecule has 6 nitrogen and oxygen atoms in total. The normalized spacial score (nSPS) is 9.93. The highest BCUT2D eigenvalue weighted by atomic mass is 79.9. The van der Waals surface area contributed by atoms with Crippen LogP contribution in [0.4, 0.5) is 0 Å². The summed E-state index contributed by atoms with van der Waals surface area (Å²) in [5.74, 6) is -1.19. The number of nitrogens with zero attached hydrogens (tertiary/aromatic N) is 1. The number of carboxylic acids is 1. The zero-order chi connectivity index (χ0) is 11.6. The summed E-state index contributed by atoms with van der Waals surface area (Å²) in [4.78, 5) is 34.7. The van der Waals surface area contributed by atoms with Crippen molar-refractivity contribution in [3.8, 4) is 0 Å². The molecule has 0 aromatic carbocycles. The molecule has 7 heteroatoms. The van der Waals surface area contributed by atoms with Gasteiger partial charge in [0.2, 0.25) is 0 Å². The van der Waals surface area contributed by atoms with Gasteiger partial charge in [-0.3, -0.25) is 14.3 Å². The van der Waals surface area contributed by atoms with Crippen molar-refractivity contribution in [2.75, 3.05) is 0 Å². The molecule has 1 aromatic heterocycles. The van der Waals surface area contributed by atoms with Crippen molar-refractivity contribution in [3.63, 3.8) is 0 Å². The number of hydrogen-bond acceptors (Lipinski definition) is 3. The van der Waals surface area contributed by atoms with Gasteiger partial charge in [0, 0.05) is 11.8 Å². The van der Waals surface area contributed by atoms with Gasteiger partial charge in [-0.15, -0.1) is 0 Å². The number of aromatic nitrogens is 2. The number of rotatable bonds is 3. The van der Waals surface area contributed by atoms with Crippen LogP contribution in [0.3, 0.4) is 0 Å². The summed E-state index contributed by atoms with van der Waals surface area (Å²) in [6, 6.07) is 0. The van der Waals surface area contributed by atoms with E-state index in [-0.39, 0.29) is 16.6 Å². The highest BCUT2D eigenvalue weighted by Crippen LogP contribution is 2.00. The second-order valence-electron chi connectivity index (χ2n) is 2.77. The highest BCUT2D eigenvalue weighted by Gasteiger charge is 2.07. The first kappa shape index (κ1) is 11.4. The lowest BCUT2D eigenvalue weighted by Crippen LogP contribution is -2.30. The first-order valence-electron chi connectivity index (χ1n) is 3.82. The second-order valence-corrected chi connectivity index (χ2v) is 3.63. The Balaban J connectivity index is 3.12. The van der Waals surface area contributed by atoms with Gasteiger partial charge in [-0.1, -0.05) is 6.58 Å². The van der Waals surface area contributed by atoms with Crippen molar-refractivity contribution in [3.05, 3.63) is 43.7 Å². The molecule has 0 spiro atoms. The Morgan fingerprint density at radius 3 is 2.73 bits per heavy atom. The van der Waals surface area contributed by atoms with E-state index in [0.29, 0.717) is 0 Å². The number of halogens is 1. The fourth-order valence-corrected chi connectivity index (χ4v) is 1.22. The van der Waals surface area contributed by atoms with Crippen LogP contribution in [0.2, 0.25) is 0 Å². The van der Waals surface area contributed by atoms with E-state index in [9.17, 15) is 14.4 Å². The Kier molecular flexibility index (Phi) is 3.25. The minimum absolute atomic E-state index is 0.143. The molecule has 0 aliphatic heterocycles. The molecule has 0 bridgehead atoms. The van der Waals surface area contributed by atoms with Gasteiger partial charge >= 0.3 is 11.7 Å². The van der Waals surface area contributed by atoms with E-state index in [4.69, 9.17) is 5.11 Å². The summed E-state index contributed by atoms with van der Waals surface area (Å²) >= 11 is 2.93. The molecule has 0 atom stereocenters. The molecule has 1 rings (SSSR count). The van der Waals surface area contributed by atoms with Gasteiger partial charge in [0.15, 0.2) is 0 Å². The average Bonchev–Trinajstić information content (AvgIpc) is 2.13. The molecular weight excluding hydrogens is 268 g/mol. The van der Waals surface area contributed by atoms with Crippen molar-refractivity contribution in [2.45, 2.75) is 6.54 Å². The number of H-pyrrole nitrogens is 1. The Bertz CT molecular complexity index is 528. The first-order valence-corrected chi connectivity index (χ1v) is 4.61. The minimum atomic E-state index is -1.19. The molecule has 0 aliphatic rings. The summed E-state index contributed by atoms with van der Waals surface area (Å²) in [5.41, 5.74) is -1.38. The quantitative estimate of drug-likeness (QED) is 0.756. The smallest absolute Gasteiger partial charge is 0.332 e. The van der Waals surface area contributed by atoms with Crippen LogP contribution >= 0.6 is 15.9 Å². The minimum Gasteiger partial charge on any atom is -0.478 e. The Hall–Kier alpha value is -1.63. The second kappa shape index (κ2) is 4.26. The van der Waals surface area contributed by atoms with E-state index < -0.39 is 17.2 Å². The maximum absolute atomic E-state index is 11.2. The molecule has 0 radical (unpaired) electrons. The van der Waals surface area contributed by atoms with Crippen LogP contribution in [0.25, 0.3) is 0 Å². The van der Waals surface area contributed by atoms with Gasteiger partial charge in [0.1, 0.15) is 0 Å². The number of aromatic amines is 1. The molecule has 1 heterocycles. The zero-order valence-corrected chi connectivity index (χ0v) is 9.07. The summed E-state index contributed by atoms with van der Waals surface area (Å²) in [6.07, 6.45) is 1.22. The number of nitrogens with one attached hydrogen (secondary N) is 1. The third-order valence-corrected chi connectivity index (χ3v) is 2.20. The molecule has 1 aromatic rings. The SMILES string of the molecule is C=C(Cn1cc(Br)c(=O)[nH]c1=O)C(=O)O. The molecule has 80 valence electrons. The van der Waals surface area contributed by atoms with Crippen molar-refractivity contribution >= 4 is 21.9 Å². The van der Waals surface area contributed by atoms with Crippen LogP contribution in [0.5, 0.6) is 0 Å². The van der Waals surface area contributed by atoms with Crippen molar-refractivity contribution in [1.29, 1.82) is 0 Å². The molecule has 15 heavy (non-hydrogen) atoms. The highest BCUT2D eigenvalue weighted by molar-refractivity contribution is 9.10. The Labute approximate surface area is 92.0 Å². The van der Waals surface area contributed by atoms with Crippen LogP contribution in [-0.2, 0) is 11.3 Å². The van der Waals surface area contributed by atoms with E-state index in [1.54, 1.807) is 0 Å². The van der Waals surface area contributed by atoms with Crippen LogP contribution in [0.15, 0.2) is 32.4 Å². The van der Waals surface area contributed by atoms with Crippen molar-refractivity contribution < 1.29 is 9.90 Å². The van der Waals surface area contributed by atoms with Crippen molar-refractivity contribution in [2.24, 2.45) is 0 Å². The van der Waals surface area contributed by atoms with E-state index in [1.165, 1.54) is 6.20 Å². The standard InChI is InChI=1S/C8H7BrN2O4/c1-4(7(13)14)2-11-3-5(9)6(12)10-8(11)15/h3H,1-2H2,(H,13,14)(H,10,12,15). The van der Waals surface area contributed by atoms with E-state index in [1.807, 2.05) is 4.98 Å². The first-order chi connectivity index (χ1) is 6.91. The third kappa shape index (κ3) is 2.66. The number of aliphatic carboxylic acids is 1. The van der Waals surface area contributed by atoms with E-state index in [2.05, 4.69) is 22.5 Å². The van der Waals surface area contributed by atoms with Crippen molar-refractivity contribution in [1.82, 2.24) is 9.55 Å². The summed E-state index contributed by atoms with van der Waals surface area (Å²) in [5, 5.41) is 8.56. The predicted molar refractivity (Wildman–Crippen MR) is 55.8 cm³/mol. The maximum Gasteiger partial charge on any atom is 0.332 e. The zero-order valence-electron chi connectivity index (χ0n) is 7.49. The van der Waals surface area contributed by atoms with Gasteiger partial charge in [-0.2, -0.15) is 0 Å². The summed E-state index contributed by atoms with van der Waals surface area (Å²) in [6.45, 7) is 3.10. The van der Waals surface area contributed by atoms with Gasteiger partial charge in [-0.05, 0) is 15.9 Å². The lowest BCUT2D eigenvalue weighted by molar-refractivity contribution is -0.132. The largest absolute Gasteiger partial charge is 0.478 e. The number of carbonyl (C=O) groups is 1. The van der Waals surface area contributed by atoms with Gasteiger partial charge in [0.25, 0.3) is 5.56 Å². The average molecular weight is 275 g/mol.